The maximum atomic E-state index is 12.8. The number of aromatic amines is 1. The number of benzene rings is 1. The Bertz CT molecular complexity index is 1000. The van der Waals surface area contributed by atoms with Gasteiger partial charge in [-0.05, 0) is 68.9 Å². The fourth-order valence-electron chi connectivity index (χ4n) is 7.14. The zero-order chi connectivity index (χ0) is 22.8. The van der Waals surface area contributed by atoms with Gasteiger partial charge < -0.3 is 19.9 Å². The van der Waals surface area contributed by atoms with Crippen molar-refractivity contribution >= 4 is 22.9 Å². The van der Waals surface area contributed by atoms with Crippen LogP contribution in [-0.2, 0) is 16.0 Å². The van der Waals surface area contributed by atoms with Crippen LogP contribution in [0.15, 0.2) is 30.5 Å². The molecule has 6 nitrogen and oxygen atoms in total. The molecule has 3 fully saturated rings. The average molecular weight is 452 g/mol. The van der Waals surface area contributed by atoms with Crippen molar-refractivity contribution in [3.05, 3.63) is 36.0 Å². The van der Waals surface area contributed by atoms with Crippen molar-refractivity contribution in [2.75, 3.05) is 13.1 Å². The van der Waals surface area contributed by atoms with Crippen LogP contribution in [0.25, 0.3) is 10.9 Å². The molecule has 2 N–H and O–H groups in total. The predicted molar refractivity (Wildman–Crippen MR) is 129 cm³/mol. The quantitative estimate of drug-likeness (QED) is 0.636. The molecule has 3 aliphatic rings. The van der Waals surface area contributed by atoms with E-state index in [9.17, 15) is 9.59 Å². The van der Waals surface area contributed by atoms with Crippen LogP contribution in [0.4, 0.5) is 4.79 Å². The van der Waals surface area contributed by atoms with Crippen LogP contribution in [0.5, 0.6) is 0 Å². The summed E-state index contributed by atoms with van der Waals surface area (Å²) in [4.78, 5) is 31.1. The van der Waals surface area contributed by atoms with Crippen molar-refractivity contribution in [3.63, 3.8) is 0 Å². The Morgan fingerprint density at radius 2 is 2.12 bits per heavy atom. The number of nitrogens with zero attached hydrogens (tertiary/aromatic N) is 1. The summed E-state index contributed by atoms with van der Waals surface area (Å²) in [5, 5.41) is 4.20. The number of para-hydroxylation sites is 1. The van der Waals surface area contributed by atoms with Crippen molar-refractivity contribution in [3.8, 4) is 0 Å². The molecule has 0 unspecified atom stereocenters. The first kappa shape index (κ1) is 22.3. The summed E-state index contributed by atoms with van der Waals surface area (Å²) >= 11 is 0. The zero-order valence-corrected chi connectivity index (χ0v) is 19.8. The number of carbonyl (C=O) groups excluding carboxylic acids is 2. The van der Waals surface area contributed by atoms with Gasteiger partial charge in [0.25, 0.3) is 0 Å². The summed E-state index contributed by atoms with van der Waals surface area (Å²) in [6.45, 7) is 3.68. The third-order valence-electron chi connectivity index (χ3n) is 8.50. The standard InChI is InChI=1S/C27H37N3O3/c1-2-7-21-22-9-5-11-25(31)30-17-6-14-27(22,30)15-12-24(21)33-26(32)28-16-13-19-18-29-23-10-4-3-8-20(19)23/h3-4,8,10,18,21-22,24,29H,2,5-7,9,11-17H2,1H3,(H,28,32)/t21-,22+,24+,27-/m1/s1. The van der Waals surface area contributed by atoms with Gasteiger partial charge in [-0.1, -0.05) is 31.5 Å². The fourth-order valence-corrected chi connectivity index (χ4v) is 7.14. The minimum atomic E-state index is -0.301. The number of carbonyl (C=O) groups is 2. The Morgan fingerprint density at radius 1 is 1.24 bits per heavy atom. The number of fused-ring (bicyclic) bond motifs is 1. The van der Waals surface area contributed by atoms with Gasteiger partial charge in [-0.25, -0.2) is 4.79 Å². The first-order chi connectivity index (χ1) is 16.1. The minimum absolute atomic E-state index is 0.0130. The van der Waals surface area contributed by atoms with Crippen LogP contribution < -0.4 is 5.32 Å². The van der Waals surface area contributed by atoms with E-state index in [0.29, 0.717) is 30.7 Å². The van der Waals surface area contributed by atoms with Crippen LogP contribution in [0.2, 0.25) is 0 Å². The van der Waals surface area contributed by atoms with Crippen molar-refractivity contribution in [1.29, 1.82) is 0 Å². The van der Waals surface area contributed by atoms with E-state index in [-0.39, 0.29) is 17.7 Å². The molecule has 2 saturated heterocycles. The van der Waals surface area contributed by atoms with Gasteiger partial charge in [-0.15, -0.1) is 0 Å². The highest BCUT2D eigenvalue weighted by molar-refractivity contribution is 5.83. The summed E-state index contributed by atoms with van der Waals surface area (Å²) in [6, 6.07) is 8.24. The molecule has 2 aromatic rings. The summed E-state index contributed by atoms with van der Waals surface area (Å²) in [6.07, 6.45) is 11.4. The van der Waals surface area contributed by atoms with E-state index in [1.165, 1.54) is 10.9 Å². The maximum absolute atomic E-state index is 12.8. The lowest BCUT2D eigenvalue weighted by atomic mass is 9.62. The lowest BCUT2D eigenvalue weighted by molar-refractivity contribution is -0.141. The molecule has 1 saturated carbocycles. The number of ether oxygens (including phenoxy) is 1. The lowest BCUT2D eigenvalue weighted by Crippen LogP contribution is -2.58. The number of hydrogen-bond acceptors (Lipinski definition) is 3. The molecule has 0 radical (unpaired) electrons. The zero-order valence-electron chi connectivity index (χ0n) is 19.8. The Hall–Kier alpha value is -2.50. The highest BCUT2D eigenvalue weighted by Gasteiger charge is 2.56. The Morgan fingerprint density at radius 3 is 3.00 bits per heavy atom. The molecule has 6 heteroatoms. The van der Waals surface area contributed by atoms with Gasteiger partial charge in [-0.2, -0.15) is 0 Å². The molecule has 2 aliphatic heterocycles. The van der Waals surface area contributed by atoms with Gasteiger partial charge in [-0.3, -0.25) is 4.79 Å². The summed E-state index contributed by atoms with van der Waals surface area (Å²) in [5.41, 5.74) is 2.34. The Kier molecular flexibility index (Phi) is 6.35. The molecule has 1 aromatic heterocycles. The van der Waals surface area contributed by atoms with Crippen LogP contribution in [0, 0.1) is 11.8 Å². The molecule has 33 heavy (non-hydrogen) atoms. The highest BCUT2D eigenvalue weighted by atomic mass is 16.6. The van der Waals surface area contributed by atoms with Gasteiger partial charge in [0.05, 0.1) is 0 Å². The molecular formula is C27H37N3O3. The predicted octanol–water partition coefficient (Wildman–Crippen LogP) is 5.18. The van der Waals surface area contributed by atoms with Crippen molar-refractivity contribution in [1.82, 2.24) is 15.2 Å². The molecule has 5 rings (SSSR count). The fraction of sp³-hybridized carbons (Fsp3) is 0.630. The maximum Gasteiger partial charge on any atom is 0.407 e. The normalized spacial score (nSPS) is 29.4. The highest BCUT2D eigenvalue weighted by Crippen LogP contribution is 2.53. The monoisotopic (exact) mass is 451 g/mol. The molecule has 1 aliphatic carbocycles. The van der Waals surface area contributed by atoms with Gasteiger partial charge in [0.1, 0.15) is 6.10 Å². The molecule has 178 valence electrons. The second kappa shape index (κ2) is 9.40. The molecule has 1 aromatic carbocycles. The van der Waals surface area contributed by atoms with Crippen molar-refractivity contribution in [2.45, 2.75) is 82.8 Å². The molecule has 0 bridgehead atoms. The molecule has 2 amide bonds. The minimum Gasteiger partial charge on any atom is -0.446 e. The van der Waals surface area contributed by atoms with Gasteiger partial charge >= 0.3 is 6.09 Å². The molecular weight excluding hydrogens is 414 g/mol. The van der Waals surface area contributed by atoms with Gasteiger partial charge in [0.2, 0.25) is 5.91 Å². The third-order valence-corrected chi connectivity index (χ3v) is 8.50. The Balaban J connectivity index is 1.22. The van der Waals surface area contributed by atoms with Crippen LogP contribution >= 0.6 is 0 Å². The van der Waals surface area contributed by atoms with E-state index in [1.807, 2.05) is 18.3 Å². The summed E-state index contributed by atoms with van der Waals surface area (Å²) < 4.78 is 6.06. The number of H-pyrrole nitrogens is 1. The molecule has 3 heterocycles. The SMILES string of the molecule is CCC[C@H]1[C@@H](OC(=O)NCCc2c[nH]c3ccccc23)CC[C@@]23CCCN2C(=O)CCC[C@@H]13. The van der Waals surface area contributed by atoms with E-state index in [4.69, 9.17) is 4.74 Å². The third kappa shape index (κ3) is 4.13. The van der Waals surface area contributed by atoms with Gasteiger partial charge in [0, 0.05) is 48.1 Å². The number of nitrogens with one attached hydrogen (secondary N) is 2. The Labute approximate surface area is 196 Å². The van der Waals surface area contributed by atoms with Crippen molar-refractivity contribution in [2.24, 2.45) is 11.8 Å². The van der Waals surface area contributed by atoms with Gasteiger partial charge in [0.15, 0.2) is 0 Å². The van der Waals surface area contributed by atoms with E-state index in [1.54, 1.807) is 0 Å². The van der Waals surface area contributed by atoms with E-state index in [0.717, 1.165) is 69.8 Å². The second-order valence-electron chi connectivity index (χ2n) is 10.2. The first-order valence-corrected chi connectivity index (χ1v) is 12.9. The van der Waals surface area contributed by atoms with Crippen LogP contribution in [0.1, 0.15) is 70.3 Å². The van der Waals surface area contributed by atoms with Crippen LogP contribution in [0.3, 0.4) is 0 Å². The van der Waals surface area contributed by atoms with E-state index >= 15 is 0 Å². The summed E-state index contributed by atoms with van der Waals surface area (Å²) in [7, 11) is 0. The topological polar surface area (TPSA) is 74.4 Å². The van der Waals surface area contributed by atoms with Crippen molar-refractivity contribution < 1.29 is 14.3 Å². The second-order valence-corrected chi connectivity index (χ2v) is 10.2. The molecule has 4 atom stereocenters. The lowest BCUT2D eigenvalue weighted by Gasteiger charge is -2.52. The smallest absolute Gasteiger partial charge is 0.407 e. The molecule has 1 spiro atoms. The number of rotatable bonds is 6. The number of alkyl carbamates (subject to hydrolysis) is 1. The largest absolute Gasteiger partial charge is 0.446 e. The van der Waals surface area contributed by atoms with E-state index < -0.39 is 0 Å². The van der Waals surface area contributed by atoms with E-state index in [2.05, 4.69) is 34.3 Å². The van der Waals surface area contributed by atoms with Crippen LogP contribution in [-0.4, -0.2) is 46.6 Å². The summed E-state index contributed by atoms with van der Waals surface area (Å²) in [5.74, 6) is 1.14. The average Bonchev–Trinajstić information content (AvgIpc) is 3.39. The number of hydrogen-bond donors (Lipinski definition) is 2. The number of aromatic nitrogens is 1. The first-order valence-electron chi connectivity index (χ1n) is 12.9. The number of amides is 2.